The number of nitrogens with one attached hydrogen (secondary N) is 2. The molecule has 0 bridgehead atoms. The predicted octanol–water partition coefficient (Wildman–Crippen LogP) is 3.48. The van der Waals surface area contributed by atoms with Crippen molar-refractivity contribution in [3.8, 4) is 11.5 Å². The number of halogens is 2. The Morgan fingerprint density at radius 3 is 2.59 bits per heavy atom. The van der Waals surface area contributed by atoms with Crippen LogP contribution in [0, 0.1) is 0 Å². The molecule has 0 saturated carbocycles. The second kappa shape index (κ2) is 9.05. The monoisotopic (exact) mass is 403 g/mol. The van der Waals surface area contributed by atoms with E-state index in [1.807, 2.05) is 0 Å². The first-order chi connectivity index (χ1) is 14.0. The molecule has 0 spiro atoms. The Morgan fingerprint density at radius 2 is 1.97 bits per heavy atom. The summed E-state index contributed by atoms with van der Waals surface area (Å²) in [5, 5.41) is 5.43. The fraction of sp³-hybridized carbons (Fsp3) is 0.200. The minimum Gasteiger partial charge on any atom is -0.493 e. The van der Waals surface area contributed by atoms with Crippen LogP contribution in [0.3, 0.4) is 0 Å². The van der Waals surface area contributed by atoms with Crippen LogP contribution in [0.4, 0.5) is 25.0 Å². The number of anilines is 2. The second-order valence-corrected chi connectivity index (χ2v) is 6.04. The molecule has 0 aromatic heterocycles. The van der Waals surface area contributed by atoms with Crippen molar-refractivity contribution in [2.45, 2.75) is 6.61 Å². The molecule has 2 N–H and O–H groups in total. The predicted molar refractivity (Wildman–Crippen MR) is 104 cm³/mol. The van der Waals surface area contributed by atoms with Gasteiger partial charge in [0.1, 0.15) is 0 Å². The van der Waals surface area contributed by atoms with E-state index in [0.717, 1.165) is 5.69 Å². The Hall–Kier alpha value is -3.62. The molecular formula is C20H19F2N3O4. The lowest BCUT2D eigenvalue weighted by atomic mass is 10.2. The summed E-state index contributed by atoms with van der Waals surface area (Å²) in [4.78, 5) is 25.4. The van der Waals surface area contributed by atoms with Crippen LogP contribution in [0.1, 0.15) is 5.56 Å². The van der Waals surface area contributed by atoms with Crippen LogP contribution in [0.2, 0.25) is 0 Å². The average Bonchev–Trinajstić information content (AvgIpc) is 3.13. The average molecular weight is 403 g/mol. The van der Waals surface area contributed by atoms with Crippen LogP contribution >= 0.6 is 0 Å². The zero-order valence-electron chi connectivity index (χ0n) is 15.5. The summed E-state index contributed by atoms with van der Waals surface area (Å²) in [7, 11) is 1.34. The van der Waals surface area contributed by atoms with E-state index in [-0.39, 0.29) is 23.4 Å². The standard InChI is InChI=1S/C20H19F2N3O4/c1-28-17-12-13(2-8-16(17)29-19(21)22)3-9-18(26)24-14-4-6-15(7-5-14)25-11-10-23-20(25)27/h2-9,12,19H,10-11H2,1H3,(H,23,27)(H,24,26)/b9-3+. The molecule has 1 aliphatic heterocycles. The molecule has 0 aliphatic carbocycles. The summed E-state index contributed by atoms with van der Waals surface area (Å²) in [6, 6.07) is 11.1. The van der Waals surface area contributed by atoms with Crippen LogP contribution < -0.4 is 25.0 Å². The van der Waals surface area contributed by atoms with Crippen molar-refractivity contribution in [2.75, 3.05) is 30.4 Å². The molecule has 1 aliphatic rings. The first-order valence-electron chi connectivity index (χ1n) is 8.73. The fourth-order valence-corrected chi connectivity index (χ4v) is 2.78. The summed E-state index contributed by atoms with van der Waals surface area (Å²) >= 11 is 0. The molecule has 152 valence electrons. The minimum atomic E-state index is -2.96. The molecule has 9 heteroatoms. The van der Waals surface area contributed by atoms with Gasteiger partial charge in [-0.25, -0.2) is 4.79 Å². The highest BCUT2D eigenvalue weighted by molar-refractivity contribution is 6.02. The summed E-state index contributed by atoms with van der Waals surface area (Å²) < 4.78 is 34.1. The zero-order valence-corrected chi connectivity index (χ0v) is 15.5. The highest BCUT2D eigenvalue weighted by Gasteiger charge is 2.20. The fourth-order valence-electron chi connectivity index (χ4n) is 2.78. The molecule has 2 aromatic rings. The molecule has 3 amide bonds. The molecule has 0 unspecified atom stereocenters. The Balaban J connectivity index is 1.61. The van der Waals surface area contributed by atoms with Gasteiger partial charge < -0.3 is 20.1 Å². The van der Waals surface area contributed by atoms with Gasteiger partial charge >= 0.3 is 12.6 Å². The number of methoxy groups -OCH3 is 1. The van der Waals surface area contributed by atoms with Crippen LogP contribution in [0.25, 0.3) is 6.08 Å². The Morgan fingerprint density at radius 1 is 1.21 bits per heavy atom. The van der Waals surface area contributed by atoms with Crippen LogP contribution in [0.5, 0.6) is 11.5 Å². The van der Waals surface area contributed by atoms with E-state index in [4.69, 9.17) is 4.74 Å². The quantitative estimate of drug-likeness (QED) is 0.694. The number of urea groups is 1. The van der Waals surface area contributed by atoms with Crippen molar-refractivity contribution >= 4 is 29.4 Å². The van der Waals surface area contributed by atoms with Crippen molar-refractivity contribution in [2.24, 2.45) is 0 Å². The summed E-state index contributed by atoms with van der Waals surface area (Å²) in [5.41, 5.74) is 1.89. The molecular weight excluding hydrogens is 384 g/mol. The van der Waals surface area contributed by atoms with Gasteiger partial charge in [-0.1, -0.05) is 6.07 Å². The molecule has 2 aromatic carbocycles. The van der Waals surface area contributed by atoms with Crippen molar-refractivity contribution < 1.29 is 27.8 Å². The smallest absolute Gasteiger partial charge is 0.387 e. The molecule has 3 rings (SSSR count). The SMILES string of the molecule is COc1cc(/C=C/C(=O)Nc2ccc(N3CCNC3=O)cc2)ccc1OC(F)F. The van der Waals surface area contributed by atoms with E-state index in [1.54, 1.807) is 29.2 Å². The maximum Gasteiger partial charge on any atom is 0.387 e. The Bertz CT molecular complexity index is 916. The number of nitrogens with zero attached hydrogens (tertiary/aromatic N) is 1. The molecule has 0 radical (unpaired) electrons. The summed E-state index contributed by atoms with van der Waals surface area (Å²) in [6.07, 6.45) is 2.83. The van der Waals surface area contributed by atoms with Gasteiger partial charge in [0, 0.05) is 30.5 Å². The Labute approximate surface area is 165 Å². The van der Waals surface area contributed by atoms with Crippen molar-refractivity contribution in [1.82, 2.24) is 5.32 Å². The van der Waals surface area contributed by atoms with Gasteiger partial charge in [-0.15, -0.1) is 0 Å². The highest BCUT2D eigenvalue weighted by atomic mass is 19.3. The number of carbonyl (C=O) groups is 2. The summed E-state index contributed by atoms with van der Waals surface area (Å²) in [6.45, 7) is -1.76. The second-order valence-electron chi connectivity index (χ2n) is 6.04. The zero-order chi connectivity index (χ0) is 20.8. The number of benzene rings is 2. The molecule has 0 atom stereocenters. The van der Waals surface area contributed by atoms with Crippen LogP contribution in [-0.2, 0) is 4.79 Å². The number of ether oxygens (including phenoxy) is 2. The van der Waals surface area contributed by atoms with Gasteiger partial charge in [0.25, 0.3) is 0 Å². The molecule has 1 fully saturated rings. The lowest BCUT2D eigenvalue weighted by molar-refractivity contribution is -0.111. The number of alkyl halides is 2. The molecule has 29 heavy (non-hydrogen) atoms. The van der Waals surface area contributed by atoms with E-state index in [0.29, 0.717) is 24.3 Å². The van der Waals surface area contributed by atoms with Gasteiger partial charge in [-0.05, 0) is 48.0 Å². The largest absolute Gasteiger partial charge is 0.493 e. The molecule has 1 saturated heterocycles. The highest BCUT2D eigenvalue weighted by Crippen LogP contribution is 2.29. The number of carbonyl (C=O) groups excluding carboxylic acids is 2. The third-order valence-electron chi connectivity index (χ3n) is 4.13. The number of rotatable bonds is 7. The van der Waals surface area contributed by atoms with Crippen LogP contribution in [0.15, 0.2) is 48.5 Å². The first kappa shape index (κ1) is 20.1. The maximum atomic E-state index is 12.4. The number of hydrogen-bond acceptors (Lipinski definition) is 4. The third-order valence-corrected chi connectivity index (χ3v) is 4.13. The molecule has 1 heterocycles. The van der Waals surface area contributed by atoms with E-state index < -0.39 is 6.61 Å². The van der Waals surface area contributed by atoms with Crippen molar-refractivity contribution in [3.05, 3.63) is 54.1 Å². The molecule has 7 nitrogen and oxygen atoms in total. The van der Waals surface area contributed by atoms with Gasteiger partial charge in [-0.3, -0.25) is 9.69 Å². The van der Waals surface area contributed by atoms with E-state index in [9.17, 15) is 18.4 Å². The van der Waals surface area contributed by atoms with E-state index in [2.05, 4.69) is 15.4 Å². The third kappa shape index (κ3) is 5.22. The van der Waals surface area contributed by atoms with E-state index in [1.165, 1.54) is 37.5 Å². The minimum absolute atomic E-state index is 0.0872. The number of hydrogen-bond donors (Lipinski definition) is 2. The topological polar surface area (TPSA) is 79.9 Å². The van der Waals surface area contributed by atoms with Gasteiger partial charge in [0.05, 0.1) is 7.11 Å². The van der Waals surface area contributed by atoms with Gasteiger partial charge in [0.15, 0.2) is 11.5 Å². The first-order valence-corrected chi connectivity index (χ1v) is 8.73. The number of amides is 3. The lowest BCUT2D eigenvalue weighted by Gasteiger charge is -2.14. The van der Waals surface area contributed by atoms with Crippen molar-refractivity contribution in [3.63, 3.8) is 0 Å². The van der Waals surface area contributed by atoms with E-state index >= 15 is 0 Å². The Kier molecular flexibility index (Phi) is 6.28. The van der Waals surface area contributed by atoms with Crippen LogP contribution in [-0.4, -0.2) is 38.7 Å². The normalized spacial score (nSPS) is 13.7. The van der Waals surface area contributed by atoms with Gasteiger partial charge in [-0.2, -0.15) is 8.78 Å². The van der Waals surface area contributed by atoms with Crippen molar-refractivity contribution in [1.29, 1.82) is 0 Å². The van der Waals surface area contributed by atoms with Gasteiger partial charge in [0.2, 0.25) is 5.91 Å². The maximum absolute atomic E-state index is 12.4. The summed E-state index contributed by atoms with van der Waals surface area (Å²) in [5.74, 6) is -0.325. The lowest BCUT2D eigenvalue weighted by Crippen LogP contribution is -2.27.